The van der Waals surface area contributed by atoms with Crippen LogP contribution in [0.1, 0.15) is 44.2 Å². The Kier molecular flexibility index (Phi) is 4.82. The second-order valence-electron chi connectivity index (χ2n) is 7.72. The summed E-state index contributed by atoms with van der Waals surface area (Å²) in [7, 11) is -2.82. The highest BCUT2D eigenvalue weighted by Crippen LogP contribution is 2.50. The van der Waals surface area contributed by atoms with E-state index in [0.29, 0.717) is 23.0 Å². The molecule has 1 heterocycles. The second-order valence-corrected chi connectivity index (χ2v) is 10.1. The van der Waals surface area contributed by atoms with Gasteiger partial charge in [-0.15, -0.1) is 0 Å². The van der Waals surface area contributed by atoms with Crippen LogP contribution in [0.25, 0.3) is 11.1 Å². The molecule has 27 heavy (non-hydrogen) atoms. The zero-order chi connectivity index (χ0) is 19.2. The van der Waals surface area contributed by atoms with Gasteiger partial charge in [0.05, 0.1) is 11.5 Å². The average Bonchev–Trinajstić information content (AvgIpc) is 3.55. The predicted molar refractivity (Wildman–Crippen MR) is 109 cm³/mol. The van der Waals surface area contributed by atoms with Crippen molar-refractivity contribution in [1.82, 2.24) is 4.57 Å². The molecule has 1 aromatic heterocycles. The molecule has 6 heteroatoms. The lowest BCUT2D eigenvalue weighted by Gasteiger charge is -2.31. The highest BCUT2D eigenvalue weighted by molar-refractivity contribution is 8.24. The lowest BCUT2D eigenvalue weighted by molar-refractivity contribution is 0.301. The van der Waals surface area contributed by atoms with E-state index in [1.165, 1.54) is 12.8 Å². The molecule has 2 saturated carbocycles. The van der Waals surface area contributed by atoms with E-state index in [9.17, 15) is 13.9 Å². The molecule has 146 valence electrons. The number of ether oxygens (including phenoxy) is 1. The van der Waals surface area contributed by atoms with E-state index in [-0.39, 0.29) is 17.4 Å². The lowest BCUT2D eigenvalue weighted by Crippen LogP contribution is -2.21. The smallest absolute Gasteiger partial charge is 0.253 e. The van der Waals surface area contributed by atoms with Crippen LogP contribution in [-0.2, 0) is 0 Å². The fourth-order valence-corrected chi connectivity index (χ4v) is 4.16. The Morgan fingerprint density at radius 1 is 1.19 bits per heavy atom. The van der Waals surface area contributed by atoms with Gasteiger partial charge in [0, 0.05) is 34.7 Å². The van der Waals surface area contributed by atoms with E-state index in [2.05, 4.69) is 0 Å². The first-order valence-electron chi connectivity index (χ1n) is 9.65. The minimum Gasteiger partial charge on any atom is -0.493 e. The van der Waals surface area contributed by atoms with E-state index in [1.807, 2.05) is 35.9 Å². The van der Waals surface area contributed by atoms with E-state index >= 15 is 0 Å². The molecule has 2 aliphatic carbocycles. The average molecular weight is 390 g/mol. The molecule has 4 rings (SSSR count). The summed E-state index contributed by atoms with van der Waals surface area (Å²) in [6.45, 7) is 4.28. The second kappa shape index (κ2) is 7.00. The van der Waals surface area contributed by atoms with Gasteiger partial charge in [-0.05, 0) is 69.7 Å². The number of rotatable bonds is 7. The first kappa shape index (κ1) is 18.6. The Hall–Kier alpha value is -1.76. The summed E-state index contributed by atoms with van der Waals surface area (Å²) < 4.78 is 28.6. The molecule has 5 nitrogen and oxygen atoms in total. The van der Waals surface area contributed by atoms with Gasteiger partial charge in [0.1, 0.15) is 5.75 Å². The largest absolute Gasteiger partial charge is 0.493 e. The Bertz CT molecular complexity index is 913. The molecule has 2 N–H and O–H groups in total. The maximum absolute atomic E-state index is 12.5. The molecule has 0 saturated heterocycles. The van der Waals surface area contributed by atoms with Gasteiger partial charge in [-0.25, -0.2) is 0 Å². The van der Waals surface area contributed by atoms with Crippen molar-refractivity contribution in [3.05, 3.63) is 46.4 Å². The van der Waals surface area contributed by atoms with Crippen LogP contribution in [0.4, 0.5) is 0 Å². The van der Waals surface area contributed by atoms with Gasteiger partial charge in [-0.1, -0.05) is 0 Å². The minimum absolute atomic E-state index is 0.0516. The van der Waals surface area contributed by atoms with Gasteiger partial charge in [-0.3, -0.25) is 13.9 Å². The molecule has 0 bridgehead atoms. The van der Waals surface area contributed by atoms with E-state index < -0.39 is 10.6 Å². The fraction of sp³-hybridized carbons (Fsp3) is 0.476. The standard InChI is InChI=1S/C21H27NO4S/c1-3-27(24,25)18-8-9-20(26-13-15-4-5-15)19(11-18)16-10-14(2)21(23)22(12-16)17-6-7-17/h8-12,15,17,24-25H,3-7,13H2,1-2H3. The van der Waals surface area contributed by atoms with Crippen LogP contribution in [-0.4, -0.2) is 26.0 Å². The number of benzene rings is 1. The summed E-state index contributed by atoms with van der Waals surface area (Å²) in [4.78, 5) is 13.0. The predicted octanol–water partition coefficient (Wildman–Crippen LogP) is 5.08. The third kappa shape index (κ3) is 3.93. The Morgan fingerprint density at radius 2 is 1.93 bits per heavy atom. The monoisotopic (exact) mass is 389 g/mol. The first-order chi connectivity index (χ1) is 12.9. The molecule has 2 aromatic rings. The Morgan fingerprint density at radius 3 is 2.56 bits per heavy atom. The van der Waals surface area contributed by atoms with E-state index in [1.54, 1.807) is 13.0 Å². The number of hydrogen-bond acceptors (Lipinski definition) is 4. The summed E-state index contributed by atoms with van der Waals surface area (Å²) in [5.41, 5.74) is 2.45. The summed E-state index contributed by atoms with van der Waals surface area (Å²) in [6, 6.07) is 7.55. The number of pyridine rings is 1. The van der Waals surface area contributed by atoms with Crippen LogP contribution >= 0.6 is 10.6 Å². The van der Waals surface area contributed by atoms with Crippen LogP contribution < -0.4 is 10.3 Å². The van der Waals surface area contributed by atoms with Crippen molar-refractivity contribution < 1.29 is 13.8 Å². The number of aromatic nitrogens is 1. The topological polar surface area (TPSA) is 71.7 Å². The quantitative estimate of drug-likeness (QED) is 0.693. The van der Waals surface area contributed by atoms with Gasteiger partial charge in [0.25, 0.3) is 5.56 Å². The summed E-state index contributed by atoms with van der Waals surface area (Å²) >= 11 is 0. The number of hydrogen-bond donors (Lipinski definition) is 2. The summed E-state index contributed by atoms with van der Waals surface area (Å²) in [5, 5.41) is 0. The molecular formula is C21H27NO4S. The lowest BCUT2D eigenvalue weighted by atomic mass is 10.0. The fourth-order valence-electron chi connectivity index (χ4n) is 3.24. The molecule has 0 aliphatic heterocycles. The van der Waals surface area contributed by atoms with E-state index in [4.69, 9.17) is 4.74 Å². The third-order valence-corrected chi connectivity index (χ3v) is 7.19. The first-order valence-corrected chi connectivity index (χ1v) is 11.4. The zero-order valence-electron chi connectivity index (χ0n) is 15.9. The minimum atomic E-state index is -2.82. The molecule has 0 spiro atoms. The molecular weight excluding hydrogens is 362 g/mol. The van der Waals surface area contributed by atoms with Crippen LogP contribution in [0.2, 0.25) is 0 Å². The number of aryl methyl sites for hydroxylation is 1. The van der Waals surface area contributed by atoms with Gasteiger partial charge in [0.15, 0.2) is 0 Å². The Balaban J connectivity index is 1.80. The van der Waals surface area contributed by atoms with Crippen molar-refractivity contribution in [1.29, 1.82) is 0 Å². The summed E-state index contributed by atoms with van der Waals surface area (Å²) in [5.74, 6) is 1.63. The molecule has 0 radical (unpaired) electrons. The molecule has 0 atom stereocenters. The number of nitrogens with zero attached hydrogens (tertiary/aromatic N) is 1. The van der Waals surface area contributed by atoms with Crippen LogP contribution in [0.5, 0.6) is 5.75 Å². The maximum Gasteiger partial charge on any atom is 0.253 e. The molecule has 2 fully saturated rings. The highest BCUT2D eigenvalue weighted by Gasteiger charge is 2.27. The highest BCUT2D eigenvalue weighted by atomic mass is 32.3. The summed E-state index contributed by atoms with van der Waals surface area (Å²) in [6.07, 6.45) is 6.37. The molecule has 1 aromatic carbocycles. The van der Waals surface area contributed by atoms with Crippen molar-refractivity contribution in [3.8, 4) is 16.9 Å². The zero-order valence-corrected chi connectivity index (χ0v) is 16.7. The van der Waals surface area contributed by atoms with Crippen molar-refractivity contribution in [3.63, 3.8) is 0 Å². The van der Waals surface area contributed by atoms with Gasteiger partial charge in [0.2, 0.25) is 0 Å². The molecule has 0 amide bonds. The van der Waals surface area contributed by atoms with Gasteiger partial charge >= 0.3 is 0 Å². The van der Waals surface area contributed by atoms with Crippen LogP contribution in [0.15, 0.2) is 40.2 Å². The van der Waals surface area contributed by atoms with E-state index in [0.717, 1.165) is 29.7 Å². The molecule has 0 unspecified atom stereocenters. The van der Waals surface area contributed by atoms with Crippen LogP contribution in [0.3, 0.4) is 0 Å². The SMILES string of the molecule is CCS(O)(O)c1ccc(OCC2CC2)c(-c2cc(C)c(=O)n(C3CC3)c2)c1. The van der Waals surface area contributed by atoms with Crippen LogP contribution in [0, 0.1) is 12.8 Å². The molecule has 2 aliphatic rings. The van der Waals surface area contributed by atoms with Crippen molar-refractivity contribution in [2.75, 3.05) is 12.4 Å². The Labute approximate surface area is 161 Å². The third-order valence-electron chi connectivity index (χ3n) is 5.38. The normalized spacial score (nSPS) is 17.8. The maximum atomic E-state index is 12.5. The van der Waals surface area contributed by atoms with Crippen molar-refractivity contribution in [2.45, 2.75) is 50.5 Å². The van der Waals surface area contributed by atoms with Crippen molar-refractivity contribution in [2.24, 2.45) is 5.92 Å². The van der Waals surface area contributed by atoms with Gasteiger partial charge < -0.3 is 9.30 Å². The van der Waals surface area contributed by atoms with Crippen molar-refractivity contribution >= 4 is 10.6 Å². The van der Waals surface area contributed by atoms with Gasteiger partial charge in [-0.2, -0.15) is 10.6 Å².